The molecule has 0 aliphatic carbocycles. The number of thioether (sulfide) groups is 1. The van der Waals surface area contributed by atoms with E-state index >= 15 is 0 Å². The summed E-state index contributed by atoms with van der Waals surface area (Å²) in [6.45, 7) is 3.27. The summed E-state index contributed by atoms with van der Waals surface area (Å²) in [5.41, 5.74) is 0.721. The van der Waals surface area contributed by atoms with Crippen LogP contribution >= 0.6 is 23.4 Å². The zero-order valence-electron chi connectivity index (χ0n) is 16.9. The van der Waals surface area contributed by atoms with Crippen molar-refractivity contribution in [1.29, 1.82) is 0 Å². The highest BCUT2D eigenvalue weighted by molar-refractivity contribution is 7.99. The number of rotatable bonds is 3. The highest BCUT2D eigenvalue weighted by Gasteiger charge is 2.36. The van der Waals surface area contributed by atoms with Crippen molar-refractivity contribution in [1.82, 2.24) is 15.2 Å². The van der Waals surface area contributed by atoms with Crippen LogP contribution in [-0.2, 0) is 11.0 Å². The molecule has 0 saturated heterocycles. The van der Waals surface area contributed by atoms with Gasteiger partial charge in [0.15, 0.2) is 5.69 Å². The summed E-state index contributed by atoms with van der Waals surface area (Å²) in [6.07, 6.45) is -5.56. The van der Waals surface area contributed by atoms with Crippen molar-refractivity contribution in [3.63, 3.8) is 0 Å². The van der Waals surface area contributed by atoms with Crippen LogP contribution in [0.3, 0.4) is 0 Å². The normalized spacial score (nSPS) is 15.4. The minimum atomic E-state index is -4.48. The number of fused-ring (bicyclic) bond motifs is 3. The van der Waals surface area contributed by atoms with E-state index in [0.717, 1.165) is 12.1 Å². The number of alkyl halides is 3. The zero-order chi connectivity index (χ0) is 23.0. The molecule has 0 N–H and O–H groups in total. The molecule has 1 amide bonds. The number of halogens is 4. The van der Waals surface area contributed by atoms with Gasteiger partial charge in [-0.25, -0.2) is 0 Å². The Morgan fingerprint density at radius 1 is 1.19 bits per heavy atom. The monoisotopic (exact) mass is 480 g/mol. The highest BCUT2D eigenvalue weighted by atomic mass is 35.5. The van der Waals surface area contributed by atoms with Gasteiger partial charge in [0, 0.05) is 23.1 Å². The van der Waals surface area contributed by atoms with Crippen molar-refractivity contribution in [3.8, 4) is 17.1 Å². The van der Waals surface area contributed by atoms with Gasteiger partial charge in [-0.3, -0.25) is 9.69 Å². The Morgan fingerprint density at radius 2 is 1.91 bits per heavy atom. The first-order valence-corrected chi connectivity index (χ1v) is 10.9. The average Bonchev–Trinajstić information content (AvgIpc) is 2.87. The van der Waals surface area contributed by atoms with Gasteiger partial charge in [-0.05, 0) is 36.1 Å². The lowest BCUT2D eigenvalue weighted by atomic mass is 10.1. The number of anilines is 1. The molecular formula is C21H16ClF3N4O2S. The molecule has 1 aliphatic heterocycles. The Morgan fingerprint density at radius 3 is 2.53 bits per heavy atom. The van der Waals surface area contributed by atoms with E-state index in [4.69, 9.17) is 16.3 Å². The first-order valence-electron chi connectivity index (χ1n) is 9.50. The fourth-order valence-electron chi connectivity index (χ4n) is 3.32. The van der Waals surface area contributed by atoms with Gasteiger partial charge in [-0.2, -0.15) is 18.2 Å². The van der Waals surface area contributed by atoms with Gasteiger partial charge in [0.1, 0.15) is 0 Å². The number of hydrogen-bond donors (Lipinski definition) is 0. The van der Waals surface area contributed by atoms with Crippen molar-refractivity contribution in [2.45, 2.75) is 31.4 Å². The van der Waals surface area contributed by atoms with E-state index in [1.807, 2.05) is 6.92 Å². The average molecular weight is 481 g/mol. The molecule has 6 nitrogen and oxygen atoms in total. The molecule has 32 heavy (non-hydrogen) atoms. The molecule has 11 heteroatoms. The summed E-state index contributed by atoms with van der Waals surface area (Å²) in [6, 6.07) is 9.30. The Hall–Kier alpha value is -2.85. The molecular weight excluding hydrogens is 465 g/mol. The van der Waals surface area contributed by atoms with E-state index in [0.29, 0.717) is 32.7 Å². The van der Waals surface area contributed by atoms with Crippen molar-refractivity contribution in [2.75, 3.05) is 10.7 Å². The lowest BCUT2D eigenvalue weighted by molar-refractivity contribution is -0.137. The molecule has 0 bridgehead atoms. The van der Waals surface area contributed by atoms with Gasteiger partial charge in [0.2, 0.25) is 23.2 Å². The van der Waals surface area contributed by atoms with Gasteiger partial charge in [0.05, 0.1) is 11.3 Å². The van der Waals surface area contributed by atoms with Gasteiger partial charge < -0.3 is 4.74 Å². The molecule has 2 aromatic carbocycles. The topological polar surface area (TPSA) is 68.2 Å². The van der Waals surface area contributed by atoms with Gasteiger partial charge in [0.25, 0.3) is 0 Å². The molecule has 0 saturated carbocycles. The highest BCUT2D eigenvalue weighted by Crippen LogP contribution is 2.44. The van der Waals surface area contributed by atoms with E-state index in [1.54, 1.807) is 18.2 Å². The number of carbonyl (C=O) groups is 1. The molecule has 1 aromatic heterocycles. The molecule has 0 spiro atoms. The maximum absolute atomic E-state index is 13.0. The van der Waals surface area contributed by atoms with E-state index in [1.165, 1.54) is 35.7 Å². The molecule has 0 unspecified atom stereocenters. The summed E-state index contributed by atoms with van der Waals surface area (Å²) in [5, 5.41) is 9.13. The molecule has 0 fully saturated rings. The maximum Gasteiger partial charge on any atom is 0.416 e. The zero-order valence-corrected chi connectivity index (χ0v) is 18.4. The third-order valence-electron chi connectivity index (χ3n) is 4.70. The summed E-state index contributed by atoms with van der Waals surface area (Å²) in [4.78, 5) is 18.5. The quantitative estimate of drug-likeness (QED) is 0.443. The van der Waals surface area contributed by atoms with Crippen molar-refractivity contribution >= 4 is 35.0 Å². The smallest absolute Gasteiger partial charge is 0.416 e. The van der Waals surface area contributed by atoms with Crippen molar-refractivity contribution < 1.29 is 22.7 Å². The lowest BCUT2D eigenvalue weighted by Gasteiger charge is -2.30. The molecule has 4 rings (SSSR count). The third kappa shape index (κ3) is 4.24. The number of ether oxygens (including phenoxy) is 1. The summed E-state index contributed by atoms with van der Waals surface area (Å²) in [7, 11) is 0. The SMILES string of the molecule is CCSc1nnc2c(n1)O[C@@H](c1ccc(C(F)(F)F)cc1)N(C(C)=O)c1ccc(Cl)cc1-2. The Labute approximate surface area is 190 Å². The van der Waals surface area contributed by atoms with Crippen molar-refractivity contribution in [2.24, 2.45) is 0 Å². The number of nitrogens with zero attached hydrogens (tertiary/aromatic N) is 4. The first-order chi connectivity index (χ1) is 15.2. The van der Waals surface area contributed by atoms with Crippen LogP contribution in [0.4, 0.5) is 18.9 Å². The van der Waals surface area contributed by atoms with Gasteiger partial charge in [-0.15, -0.1) is 10.2 Å². The second-order valence-corrected chi connectivity index (χ2v) is 8.49. The first kappa shape index (κ1) is 22.3. The van der Waals surface area contributed by atoms with E-state index in [-0.39, 0.29) is 17.5 Å². The van der Waals surface area contributed by atoms with Gasteiger partial charge >= 0.3 is 6.18 Å². The van der Waals surface area contributed by atoms with Crippen LogP contribution in [0.25, 0.3) is 11.3 Å². The van der Waals surface area contributed by atoms with Crippen molar-refractivity contribution in [3.05, 3.63) is 58.6 Å². The summed E-state index contributed by atoms with van der Waals surface area (Å²) < 4.78 is 45.2. The minimum Gasteiger partial charge on any atom is -0.447 e. The second kappa shape index (κ2) is 8.59. The molecule has 3 aromatic rings. The van der Waals surface area contributed by atoms with Crippen LogP contribution in [0.5, 0.6) is 5.88 Å². The van der Waals surface area contributed by atoms with Crippen LogP contribution in [-0.4, -0.2) is 26.8 Å². The summed E-state index contributed by atoms with van der Waals surface area (Å²) in [5.74, 6) is 0.417. The second-order valence-electron chi connectivity index (χ2n) is 6.82. The number of benzene rings is 2. The Balaban J connectivity index is 1.91. The van der Waals surface area contributed by atoms with E-state index in [9.17, 15) is 18.0 Å². The predicted octanol–water partition coefficient (Wildman–Crippen LogP) is 5.77. The van der Waals surface area contributed by atoms with Crippen LogP contribution < -0.4 is 9.64 Å². The minimum absolute atomic E-state index is 0.105. The lowest BCUT2D eigenvalue weighted by Crippen LogP contribution is -2.36. The standard InChI is InChI=1S/C21H16ClF3N4O2S/c1-3-32-20-26-18-17(27-28-20)15-10-14(22)8-9-16(15)29(11(2)30)19(31-18)12-4-6-13(7-5-12)21(23,24)25/h4-10,19H,3H2,1-2H3/t19-/m0/s1. The van der Waals surface area contributed by atoms with Crippen LogP contribution in [0.2, 0.25) is 5.02 Å². The van der Waals surface area contributed by atoms with E-state index in [2.05, 4.69) is 15.2 Å². The van der Waals surface area contributed by atoms with Crippen LogP contribution in [0.15, 0.2) is 47.6 Å². The Bertz CT molecular complexity index is 1170. The molecule has 1 aliphatic rings. The molecule has 0 radical (unpaired) electrons. The number of aromatic nitrogens is 3. The molecule has 166 valence electrons. The summed E-state index contributed by atoms with van der Waals surface area (Å²) >= 11 is 7.55. The van der Waals surface area contributed by atoms with Crippen LogP contribution in [0, 0.1) is 0 Å². The largest absolute Gasteiger partial charge is 0.447 e. The van der Waals surface area contributed by atoms with Crippen LogP contribution in [0.1, 0.15) is 31.2 Å². The number of carbonyl (C=O) groups excluding carboxylic acids is 1. The Kier molecular flexibility index (Phi) is 6.00. The number of hydrogen-bond acceptors (Lipinski definition) is 6. The molecule has 1 atom stereocenters. The fraction of sp³-hybridized carbons (Fsp3) is 0.238. The predicted molar refractivity (Wildman–Crippen MR) is 115 cm³/mol. The van der Waals surface area contributed by atoms with Gasteiger partial charge in [-0.1, -0.05) is 42.4 Å². The third-order valence-corrected chi connectivity index (χ3v) is 5.66. The van der Waals surface area contributed by atoms with E-state index < -0.39 is 18.0 Å². The maximum atomic E-state index is 13.0. The fourth-order valence-corrected chi connectivity index (χ4v) is 4.00. The number of amides is 1. The molecule has 2 heterocycles.